The molecule has 0 aliphatic heterocycles. The van der Waals surface area contributed by atoms with Crippen LogP contribution in [0, 0.1) is 0 Å². The Kier molecular flexibility index (Phi) is 2.81. The smallest absolute Gasteiger partial charge is 0.0354 e. The molecule has 0 atom stereocenters. The minimum absolute atomic E-state index is 0.929. The van der Waals surface area contributed by atoms with Gasteiger partial charge in [-0.25, -0.2) is 0 Å². The second kappa shape index (κ2) is 4.46. The van der Waals surface area contributed by atoms with Crippen LogP contribution in [0.1, 0.15) is 5.56 Å². The number of rotatable bonds is 4. The van der Waals surface area contributed by atoms with Gasteiger partial charge in [0.05, 0.1) is 0 Å². The predicted octanol–water partition coefficient (Wildman–Crippen LogP) is 1.67. The summed E-state index contributed by atoms with van der Waals surface area (Å²) in [6.45, 7) is 0.929. The molecule has 14 heavy (non-hydrogen) atoms. The molecule has 2 aromatic heterocycles. The van der Waals surface area contributed by atoms with Gasteiger partial charge in [0.25, 0.3) is 0 Å². The maximum atomic E-state index is 3.98. The van der Waals surface area contributed by atoms with Gasteiger partial charge in [0.15, 0.2) is 0 Å². The molecule has 0 aliphatic rings. The van der Waals surface area contributed by atoms with Crippen molar-refractivity contribution >= 4 is 0 Å². The van der Waals surface area contributed by atoms with Gasteiger partial charge in [-0.2, -0.15) is 0 Å². The van der Waals surface area contributed by atoms with Crippen LogP contribution >= 0.6 is 0 Å². The van der Waals surface area contributed by atoms with Crippen molar-refractivity contribution in [2.75, 3.05) is 12.0 Å². The zero-order valence-electron chi connectivity index (χ0n) is 7.93. The minimum atomic E-state index is 0.929. The van der Waals surface area contributed by atoms with Crippen LogP contribution in [0.2, 0.25) is 0 Å². The van der Waals surface area contributed by atoms with Crippen molar-refractivity contribution in [3.63, 3.8) is 0 Å². The number of pyridine rings is 1. The van der Waals surface area contributed by atoms with Gasteiger partial charge < -0.3 is 5.43 Å². The summed E-state index contributed by atoms with van der Waals surface area (Å²) in [7, 11) is 0. The van der Waals surface area contributed by atoms with E-state index in [0.717, 1.165) is 13.0 Å². The summed E-state index contributed by atoms with van der Waals surface area (Å²) in [5.41, 5.74) is 4.57. The summed E-state index contributed by atoms with van der Waals surface area (Å²) in [5, 5.41) is 0. The van der Waals surface area contributed by atoms with E-state index in [0.29, 0.717) is 0 Å². The second-order valence-electron chi connectivity index (χ2n) is 3.10. The molecule has 2 heterocycles. The maximum absolute atomic E-state index is 3.98. The first kappa shape index (κ1) is 8.81. The first-order valence-electron chi connectivity index (χ1n) is 4.71. The molecule has 0 unspecified atom stereocenters. The number of hydrogen-bond acceptors (Lipinski definition) is 2. The summed E-state index contributed by atoms with van der Waals surface area (Å²) in [5.74, 6) is 0. The van der Waals surface area contributed by atoms with E-state index in [1.54, 1.807) is 0 Å². The molecule has 0 radical (unpaired) electrons. The summed E-state index contributed by atoms with van der Waals surface area (Å²) >= 11 is 0. The van der Waals surface area contributed by atoms with Crippen molar-refractivity contribution in [1.29, 1.82) is 0 Å². The zero-order valence-corrected chi connectivity index (χ0v) is 7.93. The van der Waals surface area contributed by atoms with Gasteiger partial charge in [-0.3, -0.25) is 9.66 Å². The van der Waals surface area contributed by atoms with Gasteiger partial charge in [0.1, 0.15) is 0 Å². The van der Waals surface area contributed by atoms with Crippen LogP contribution in [0.4, 0.5) is 0 Å². The van der Waals surface area contributed by atoms with Crippen LogP contribution in [-0.4, -0.2) is 16.2 Å². The first-order chi connectivity index (χ1) is 6.95. The molecule has 3 heteroatoms. The summed E-state index contributed by atoms with van der Waals surface area (Å²) in [6, 6.07) is 8.08. The lowest BCUT2D eigenvalue weighted by Crippen LogP contribution is -2.15. The lowest BCUT2D eigenvalue weighted by molar-refractivity contribution is 0.826. The molecule has 3 nitrogen and oxygen atoms in total. The summed E-state index contributed by atoms with van der Waals surface area (Å²) in [4.78, 5) is 3.98. The number of aromatic nitrogens is 2. The summed E-state index contributed by atoms with van der Waals surface area (Å²) in [6.07, 6.45) is 8.65. The Hall–Kier alpha value is -1.77. The third-order valence-electron chi connectivity index (χ3n) is 2.06. The fourth-order valence-corrected chi connectivity index (χ4v) is 1.32. The molecule has 0 amide bonds. The third-order valence-corrected chi connectivity index (χ3v) is 2.06. The lowest BCUT2D eigenvalue weighted by atomic mass is 10.2. The topological polar surface area (TPSA) is 29.9 Å². The van der Waals surface area contributed by atoms with E-state index in [1.165, 1.54) is 5.56 Å². The summed E-state index contributed by atoms with van der Waals surface area (Å²) < 4.78 is 1.96. The first-order valence-corrected chi connectivity index (χ1v) is 4.71. The highest BCUT2D eigenvalue weighted by Gasteiger charge is 1.91. The number of nitrogens with zero attached hydrogens (tertiary/aromatic N) is 2. The van der Waals surface area contributed by atoms with E-state index < -0.39 is 0 Å². The fourth-order valence-electron chi connectivity index (χ4n) is 1.32. The van der Waals surface area contributed by atoms with Crippen LogP contribution in [0.3, 0.4) is 0 Å². The average Bonchev–Trinajstić information content (AvgIpc) is 2.72. The quantitative estimate of drug-likeness (QED) is 0.789. The zero-order chi connectivity index (χ0) is 9.64. The maximum Gasteiger partial charge on any atom is 0.0354 e. The molecule has 2 aromatic rings. The molecule has 1 N–H and O–H groups in total. The molecule has 72 valence electrons. The Morgan fingerprint density at radius 3 is 2.57 bits per heavy atom. The van der Waals surface area contributed by atoms with Crippen molar-refractivity contribution in [1.82, 2.24) is 9.66 Å². The van der Waals surface area contributed by atoms with Crippen molar-refractivity contribution in [2.45, 2.75) is 6.42 Å². The van der Waals surface area contributed by atoms with Crippen LogP contribution in [0.15, 0.2) is 49.1 Å². The number of nitrogens with one attached hydrogen (secondary N) is 1. The second-order valence-corrected chi connectivity index (χ2v) is 3.10. The molecule has 2 rings (SSSR count). The van der Waals surface area contributed by atoms with E-state index in [-0.39, 0.29) is 0 Å². The van der Waals surface area contributed by atoms with Crippen LogP contribution in [-0.2, 0) is 6.42 Å². The minimum Gasteiger partial charge on any atom is -0.326 e. The van der Waals surface area contributed by atoms with E-state index in [2.05, 4.69) is 10.4 Å². The van der Waals surface area contributed by atoms with Crippen molar-refractivity contribution in [3.8, 4) is 0 Å². The van der Waals surface area contributed by atoms with Gasteiger partial charge in [-0.05, 0) is 36.2 Å². The van der Waals surface area contributed by atoms with E-state index in [1.807, 2.05) is 53.7 Å². The highest BCUT2D eigenvalue weighted by Crippen LogP contribution is 1.96. The molecule has 0 aliphatic carbocycles. The van der Waals surface area contributed by atoms with Crippen LogP contribution in [0.5, 0.6) is 0 Å². The molecular weight excluding hydrogens is 174 g/mol. The van der Waals surface area contributed by atoms with Gasteiger partial charge in [0.2, 0.25) is 0 Å². The monoisotopic (exact) mass is 187 g/mol. The molecule has 0 fully saturated rings. The molecular formula is C11H13N3. The van der Waals surface area contributed by atoms with Crippen molar-refractivity contribution in [3.05, 3.63) is 54.6 Å². The van der Waals surface area contributed by atoms with Crippen molar-refractivity contribution in [2.24, 2.45) is 0 Å². The Bertz CT molecular complexity index is 353. The predicted molar refractivity (Wildman–Crippen MR) is 56.6 cm³/mol. The largest absolute Gasteiger partial charge is 0.326 e. The highest BCUT2D eigenvalue weighted by atomic mass is 15.4. The van der Waals surface area contributed by atoms with Gasteiger partial charge in [-0.1, -0.05) is 0 Å². The normalized spacial score (nSPS) is 10.0. The van der Waals surface area contributed by atoms with E-state index in [9.17, 15) is 0 Å². The Balaban J connectivity index is 1.79. The van der Waals surface area contributed by atoms with E-state index >= 15 is 0 Å². The van der Waals surface area contributed by atoms with Gasteiger partial charge in [0, 0.05) is 31.3 Å². The van der Waals surface area contributed by atoms with Gasteiger partial charge in [-0.15, -0.1) is 0 Å². The molecule has 0 saturated carbocycles. The van der Waals surface area contributed by atoms with Crippen LogP contribution < -0.4 is 5.43 Å². The molecule has 0 saturated heterocycles. The van der Waals surface area contributed by atoms with Gasteiger partial charge >= 0.3 is 0 Å². The Morgan fingerprint density at radius 2 is 1.86 bits per heavy atom. The van der Waals surface area contributed by atoms with Crippen LogP contribution in [0.25, 0.3) is 0 Å². The Labute approximate surface area is 83.4 Å². The lowest BCUT2D eigenvalue weighted by Gasteiger charge is -2.06. The molecule has 0 bridgehead atoms. The SMILES string of the molecule is c1ccn(NCCc2ccncc2)c1. The number of hydrogen-bond donors (Lipinski definition) is 1. The Morgan fingerprint density at radius 1 is 1.14 bits per heavy atom. The average molecular weight is 187 g/mol. The standard InChI is InChI=1S/C11H13N3/c1-2-10-14(9-1)13-8-5-11-3-6-12-7-4-11/h1-4,6-7,9-10,13H,5,8H2. The molecule has 0 aromatic carbocycles. The fraction of sp³-hybridized carbons (Fsp3) is 0.182. The van der Waals surface area contributed by atoms with E-state index in [4.69, 9.17) is 0 Å². The highest BCUT2D eigenvalue weighted by molar-refractivity contribution is 5.10. The van der Waals surface area contributed by atoms with Crippen molar-refractivity contribution < 1.29 is 0 Å². The third kappa shape index (κ3) is 2.36. The molecule has 0 spiro atoms.